The third-order valence-electron chi connectivity index (χ3n) is 2.72. The van der Waals surface area contributed by atoms with Crippen molar-refractivity contribution in [1.82, 2.24) is 5.43 Å². The van der Waals surface area contributed by atoms with Gasteiger partial charge in [0.05, 0.1) is 6.42 Å². The van der Waals surface area contributed by atoms with Gasteiger partial charge in [-0.25, -0.2) is 5.43 Å². The Bertz CT molecular complexity index is 634. The van der Waals surface area contributed by atoms with Crippen molar-refractivity contribution in [2.75, 3.05) is 0 Å². The van der Waals surface area contributed by atoms with E-state index in [4.69, 9.17) is 0 Å². The number of carbonyl (C=O) groups excluding carboxylic acids is 1. The molecule has 0 atom stereocenters. The lowest BCUT2D eigenvalue weighted by Gasteiger charge is -2.00. The molecular weight excluding hydrogens is 328 g/mol. The Balaban J connectivity index is 1.77. The van der Waals surface area contributed by atoms with Crippen LogP contribution in [0, 0.1) is 0 Å². The maximum absolute atomic E-state index is 11.7. The monoisotopic (exact) mass is 342 g/mol. The van der Waals surface area contributed by atoms with Gasteiger partial charge in [-0.15, -0.1) is 0 Å². The Hall–Kier alpha value is -2.20. The lowest BCUT2D eigenvalue weighted by atomic mass is 10.1. The van der Waals surface area contributed by atoms with Gasteiger partial charge in [-0.05, 0) is 29.3 Å². The molecule has 0 aliphatic carbocycles. The van der Waals surface area contributed by atoms with E-state index in [1.807, 2.05) is 60.7 Å². The predicted molar refractivity (Wildman–Crippen MR) is 90.0 cm³/mol. The minimum atomic E-state index is -0.137. The van der Waals surface area contributed by atoms with E-state index in [0.29, 0.717) is 6.42 Å². The summed E-state index contributed by atoms with van der Waals surface area (Å²) in [5, 5.41) is 3.88. The predicted octanol–water partition coefficient (Wildman–Crippen LogP) is 3.81. The van der Waals surface area contributed by atoms with Gasteiger partial charge in [-0.3, -0.25) is 4.79 Å². The molecule has 0 bridgehead atoms. The van der Waals surface area contributed by atoms with E-state index in [2.05, 4.69) is 26.5 Å². The van der Waals surface area contributed by atoms with E-state index in [0.717, 1.165) is 15.6 Å². The average Bonchev–Trinajstić information content (AvgIpc) is 2.50. The third kappa shape index (κ3) is 5.75. The zero-order valence-electron chi connectivity index (χ0n) is 11.4. The first-order chi connectivity index (χ1) is 10.2. The molecule has 2 aromatic carbocycles. The van der Waals surface area contributed by atoms with E-state index in [9.17, 15) is 4.79 Å². The minimum Gasteiger partial charge on any atom is -0.273 e. The number of hydrogen-bond acceptors (Lipinski definition) is 2. The molecule has 1 amide bonds. The van der Waals surface area contributed by atoms with Gasteiger partial charge in [0, 0.05) is 10.7 Å². The average molecular weight is 343 g/mol. The Kier molecular flexibility index (Phi) is 5.91. The summed E-state index contributed by atoms with van der Waals surface area (Å²) >= 11 is 3.36. The van der Waals surface area contributed by atoms with Crippen molar-refractivity contribution in [3.8, 4) is 0 Å². The number of hydrogen-bond donors (Lipinski definition) is 1. The molecule has 2 aromatic rings. The summed E-state index contributed by atoms with van der Waals surface area (Å²) in [6.45, 7) is 0. The van der Waals surface area contributed by atoms with E-state index in [1.54, 1.807) is 12.3 Å². The minimum absolute atomic E-state index is 0.137. The number of nitrogens with zero attached hydrogens (tertiary/aromatic N) is 1. The van der Waals surface area contributed by atoms with Crippen molar-refractivity contribution >= 4 is 34.1 Å². The number of rotatable bonds is 5. The molecule has 0 aliphatic heterocycles. The quantitative estimate of drug-likeness (QED) is 0.651. The van der Waals surface area contributed by atoms with E-state index < -0.39 is 0 Å². The Morgan fingerprint density at radius 2 is 1.81 bits per heavy atom. The van der Waals surface area contributed by atoms with Crippen molar-refractivity contribution in [3.63, 3.8) is 0 Å². The highest BCUT2D eigenvalue weighted by atomic mass is 79.9. The fourth-order valence-corrected chi connectivity index (χ4v) is 1.96. The van der Waals surface area contributed by atoms with Crippen molar-refractivity contribution in [1.29, 1.82) is 0 Å². The lowest BCUT2D eigenvalue weighted by molar-refractivity contribution is -0.120. The largest absolute Gasteiger partial charge is 0.273 e. The van der Waals surface area contributed by atoms with Crippen molar-refractivity contribution in [2.45, 2.75) is 6.42 Å². The smallest absolute Gasteiger partial charge is 0.244 e. The van der Waals surface area contributed by atoms with Crippen molar-refractivity contribution in [2.24, 2.45) is 5.10 Å². The highest BCUT2D eigenvalue weighted by Crippen LogP contribution is 2.10. The summed E-state index contributed by atoms with van der Waals surface area (Å²) in [5.41, 5.74) is 4.54. The normalized spacial score (nSPS) is 11.1. The van der Waals surface area contributed by atoms with Crippen LogP contribution in [0.15, 0.2) is 70.2 Å². The standard InChI is InChI=1S/C17H15BrN2O/c18-16-10-8-15(9-11-16)13-17(21)20-19-12-4-7-14-5-2-1-3-6-14/h1-12H,13H2,(H,20,21)/b7-4+,19-12-. The molecule has 0 aliphatic rings. The summed E-state index contributed by atoms with van der Waals surface area (Å²) in [6, 6.07) is 17.5. The van der Waals surface area contributed by atoms with E-state index in [1.165, 1.54) is 0 Å². The summed E-state index contributed by atoms with van der Waals surface area (Å²) in [7, 11) is 0. The molecular formula is C17H15BrN2O. The molecule has 4 heteroatoms. The maximum atomic E-state index is 11.7. The molecule has 0 heterocycles. The molecule has 0 radical (unpaired) electrons. The van der Waals surface area contributed by atoms with Gasteiger partial charge in [0.25, 0.3) is 0 Å². The van der Waals surface area contributed by atoms with Crippen LogP contribution < -0.4 is 5.43 Å². The van der Waals surface area contributed by atoms with Crippen LogP contribution >= 0.6 is 15.9 Å². The fraction of sp³-hybridized carbons (Fsp3) is 0.0588. The Morgan fingerprint density at radius 3 is 2.52 bits per heavy atom. The van der Waals surface area contributed by atoms with Gasteiger partial charge in [0.1, 0.15) is 0 Å². The number of amides is 1. The molecule has 3 nitrogen and oxygen atoms in total. The number of benzene rings is 2. The maximum Gasteiger partial charge on any atom is 0.244 e. The van der Waals surface area contributed by atoms with Gasteiger partial charge in [0.15, 0.2) is 0 Å². The number of allylic oxidation sites excluding steroid dienone is 1. The molecule has 21 heavy (non-hydrogen) atoms. The first kappa shape index (κ1) is 15.2. The number of hydrazone groups is 1. The summed E-state index contributed by atoms with van der Waals surface area (Å²) in [5.74, 6) is -0.137. The van der Waals surface area contributed by atoms with Gasteiger partial charge in [0.2, 0.25) is 5.91 Å². The van der Waals surface area contributed by atoms with Crippen LogP contribution in [0.25, 0.3) is 6.08 Å². The second-order valence-electron chi connectivity index (χ2n) is 4.39. The molecule has 106 valence electrons. The summed E-state index contributed by atoms with van der Waals surface area (Å²) in [4.78, 5) is 11.7. The summed E-state index contributed by atoms with van der Waals surface area (Å²) in [6.07, 6.45) is 5.58. The van der Waals surface area contributed by atoms with Gasteiger partial charge < -0.3 is 0 Å². The molecule has 1 N–H and O–H groups in total. The van der Waals surface area contributed by atoms with Crippen molar-refractivity contribution in [3.05, 3.63) is 76.3 Å². The Morgan fingerprint density at radius 1 is 1.10 bits per heavy atom. The van der Waals surface area contributed by atoms with Crippen LogP contribution in [-0.2, 0) is 11.2 Å². The van der Waals surface area contributed by atoms with E-state index >= 15 is 0 Å². The summed E-state index contributed by atoms with van der Waals surface area (Å²) < 4.78 is 0.996. The number of carbonyl (C=O) groups is 1. The van der Waals surface area contributed by atoms with Crippen molar-refractivity contribution < 1.29 is 4.79 Å². The Labute approximate surface area is 132 Å². The second-order valence-corrected chi connectivity index (χ2v) is 5.30. The zero-order chi connectivity index (χ0) is 14.9. The van der Waals surface area contributed by atoms with Crippen LogP contribution in [0.2, 0.25) is 0 Å². The first-order valence-electron chi connectivity index (χ1n) is 6.52. The molecule has 0 fully saturated rings. The third-order valence-corrected chi connectivity index (χ3v) is 3.24. The van der Waals surface area contributed by atoms with Gasteiger partial charge in [-0.2, -0.15) is 5.10 Å². The zero-order valence-corrected chi connectivity index (χ0v) is 13.0. The van der Waals surface area contributed by atoms with Gasteiger partial charge >= 0.3 is 0 Å². The molecule has 0 saturated heterocycles. The molecule has 2 rings (SSSR count). The number of nitrogens with one attached hydrogen (secondary N) is 1. The topological polar surface area (TPSA) is 41.5 Å². The molecule has 0 spiro atoms. The van der Waals surface area contributed by atoms with Crippen LogP contribution in [-0.4, -0.2) is 12.1 Å². The fourth-order valence-electron chi connectivity index (χ4n) is 1.70. The molecule has 0 saturated carbocycles. The second kappa shape index (κ2) is 8.17. The highest BCUT2D eigenvalue weighted by molar-refractivity contribution is 9.10. The highest BCUT2D eigenvalue weighted by Gasteiger charge is 2.01. The lowest BCUT2D eigenvalue weighted by Crippen LogP contribution is -2.19. The molecule has 0 unspecified atom stereocenters. The van der Waals surface area contributed by atoms with Crippen LogP contribution in [0.4, 0.5) is 0 Å². The number of halogens is 1. The van der Waals surface area contributed by atoms with Crippen LogP contribution in [0.3, 0.4) is 0 Å². The molecule has 0 aromatic heterocycles. The van der Waals surface area contributed by atoms with Crippen LogP contribution in [0.5, 0.6) is 0 Å². The van der Waals surface area contributed by atoms with Gasteiger partial charge in [-0.1, -0.05) is 64.5 Å². The van der Waals surface area contributed by atoms with Crippen LogP contribution in [0.1, 0.15) is 11.1 Å². The first-order valence-corrected chi connectivity index (χ1v) is 7.31. The van der Waals surface area contributed by atoms with E-state index in [-0.39, 0.29) is 5.91 Å². The SMILES string of the molecule is O=C(Cc1ccc(Br)cc1)N/N=C\C=C\c1ccccc1.